The summed E-state index contributed by atoms with van der Waals surface area (Å²) in [6.45, 7) is 6.96. The number of amidine groups is 1. The largest absolute Gasteiger partial charge is 0.355 e. The lowest BCUT2D eigenvalue weighted by molar-refractivity contribution is 0.253. The lowest BCUT2D eigenvalue weighted by Crippen LogP contribution is -2.43. The summed E-state index contributed by atoms with van der Waals surface area (Å²) in [6.07, 6.45) is 4.88. The molecule has 80 valence electrons. The highest BCUT2D eigenvalue weighted by molar-refractivity contribution is 5.80. The SMILES string of the molecule is CC(C)C1CC2CCCC(=N)N2C1C. The van der Waals surface area contributed by atoms with Crippen LogP contribution in [-0.4, -0.2) is 22.8 Å². The van der Waals surface area contributed by atoms with Gasteiger partial charge in [0, 0.05) is 18.5 Å². The first-order chi connectivity index (χ1) is 6.61. The first-order valence-corrected chi connectivity index (χ1v) is 5.97. The van der Waals surface area contributed by atoms with Gasteiger partial charge < -0.3 is 4.90 Å². The van der Waals surface area contributed by atoms with Gasteiger partial charge in [0.1, 0.15) is 0 Å². The molecule has 0 aromatic rings. The van der Waals surface area contributed by atoms with Crippen molar-refractivity contribution in [3.8, 4) is 0 Å². The topological polar surface area (TPSA) is 27.1 Å². The molecule has 0 radical (unpaired) electrons. The zero-order chi connectivity index (χ0) is 10.3. The summed E-state index contributed by atoms with van der Waals surface area (Å²) < 4.78 is 0. The maximum atomic E-state index is 8.00. The van der Waals surface area contributed by atoms with E-state index in [1.807, 2.05) is 0 Å². The molecule has 0 aliphatic carbocycles. The van der Waals surface area contributed by atoms with E-state index < -0.39 is 0 Å². The van der Waals surface area contributed by atoms with E-state index in [1.165, 1.54) is 19.3 Å². The minimum Gasteiger partial charge on any atom is -0.355 e. The molecule has 0 spiro atoms. The molecule has 3 atom stereocenters. The molecule has 0 aromatic carbocycles. The molecular weight excluding hydrogens is 172 g/mol. The number of rotatable bonds is 1. The van der Waals surface area contributed by atoms with Crippen molar-refractivity contribution in [3.05, 3.63) is 0 Å². The molecule has 14 heavy (non-hydrogen) atoms. The third kappa shape index (κ3) is 1.45. The molecule has 2 heterocycles. The predicted molar refractivity (Wildman–Crippen MR) is 59.6 cm³/mol. The summed E-state index contributed by atoms with van der Waals surface area (Å²) in [7, 11) is 0. The Balaban J connectivity index is 2.15. The fourth-order valence-electron chi connectivity index (χ4n) is 3.35. The predicted octanol–water partition coefficient (Wildman–Crippen LogP) is 2.88. The molecule has 2 aliphatic rings. The van der Waals surface area contributed by atoms with E-state index in [4.69, 9.17) is 5.41 Å². The zero-order valence-electron chi connectivity index (χ0n) is 9.59. The third-order valence-electron chi connectivity index (χ3n) is 4.11. The van der Waals surface area contributed by atoms with Gasteiger partial charge in [-0.05, 0) is 38.0 Å². The molecule has 0 aromatic heterocycles. The number of nitrogens with one attached hydrogen (secondary N) is 1. The molecule has 2 rings (SSSR count). The highest BCUT2D eigenvalue weighted by atomic mass is 15.3. The second-order valence-electron chi connectivity index (χ2n) is 5.28. The molecule has 3 unspecified atom stereocenters. The number of hydrogen-bond donors (Lipinski definition) is 1. The van der Waals surface area contributed by atoms with E-state index in [0.717, 1.165) is 24.1 Å². The maximum absolute atomic E-state index is 8.00. The summed E-state index contributed by atoms with van der Waals surface area (Å²) in [5.74, 6) is 2.47. The first-order valence-electron chi connectivity index (χ1n) is 5.97. The van der Waals surface area contributed by atoms with Crippen molar-refractivity contribution in [2.24, 2.45) is 11.8 Å². The van der Waals surface area contributed by atoms with E-state index in [-0.39, 0.29) is 0 Å². The Morgan fingerprint density at radius 3 is 2.71 bits per heavy atom. The maximum Gasteiger partial charge on any atom is 0.0962 e. The van der Waals surface area contributed by atoms with Crippen LogP contribution in [0.4, 0.5) is 0 Å². The van der Waals surface area contributed by atoms with Crippen molar-refractivity contribution < 1.29 is 0 Å². The van der Waals surface area contributed by atoms with Crippen LogP contribution in [0.2, 0.25) is 0 Å². The van der Waals surface area contributed by atoms with E-state index in [2.05, 4.69) is 25.7 Å². The summed E-state index contributed by atoms with van der Waals surface area (Å²) in [5, 5.41) is 8.00. The lowest BCUT2D eigenvalue weighted by atomic mass is 9.88. The lowest BCUT2D eigenvalue weighted by Gasteiger charge is -2.35. The van der Waals surface area contributed by atoms with Crippen molar-refractivity contribution in [3.63, 3.8) is 0 Å². The van der Waals surface area contributed by atoms with Gasteiger partial charge in [0.15, 0.2) is 0 Å². The van der Waals surface area contributed by atoms with Gasteiger partial charge in [-0.1, -0.05) is 13.8 Å². The van der Waals surface area contributed by atoms with Gasteiger partial charge in [-0.3, -0.25) is 5.41 Å². The molecule has 2 saturated heterocycles. The van der Waals surface area contributed by atoms with Crippen LogP contribution in [-0.2, 0) is 0 Å². The highest BCUT2D eigenvalue weighted by Gasteiger charge is 2.42. The molecule has 0 amide bonds. The fraction of sp³-hybridized carbons (Fsp3) is 0.917. The van der Waals surface area contributed by atoms with Gasteiger partial charge >= 0.3 is 0 Å². The van der Waals surface area contributed by atoms with Gasteiger partial charge in [0.2, 0.25) is 0 Å². The molecule has 2 heteroatoms. The molecule has 2 nitrogen and oxygen atoms in total. The number of hydrogen-bond acceptors (Lipinski definition) is 1. The van der Waals surface area contributed by atoms with Crippen LogP contribution in [0.3, 0.4) is 0 Å². The second kappa shape index (κ2) is 3.56. The van der Waals surface area contributed by atoms with E-state index in [0.29, 0.717) is 12.1 Å². The number of fused-ring (bicyclic) bond motifs is 1. The van der Waals surface area contributed by atoms with Crippen molar-refractivity contribution >= 4 is 5.84 Å². The second-order valence-corrected chi connectivity index (χ2v) is 5.28. The Hall–Kier alpha value is -0.530. The van der Waals surface area contributed by atoms with Crippen LogP contribution in [0.5, 0.6) is 0 Å². The Bertz CT molecular complexity index is 234. The number of nitrogens with zero attached hydrogens (tertiary/aromatic N) is 1. The molecule has 0 bridgehead atoms. The average Bonchev–Trinajstić information content (AvgIpc) is 2.45. The van der Waals surface area contributed by atoms with Crippen LogP contribution in [0, 0.1) is 17.2 Å². The molecule has 1 N–H and O–H groups in total. The minimum absolute atomic E-state index is 0.604. The third-order valence-corrected chi connectivity index (χ3v) is 4.11. The van der Waals surface area contributed by atoms with Gasteiger partial charge in [-0.15, -0.1) is 0 Å². The van der Waals surface area contributed by atoms with Gasteiger partial charge in [-0.2, -0.15) is 0 Å². The monoisotopic (exact) mass is 194 g/mol. The molecule has 2 fully saturated rings. The zero-order valence-corrected chi connectivity index (χ0v) is 9.59. The van der Waals surface area contributed by atoms with Crippen LogP contribution >= 0.6 is 0 Å². The quantitative estimate of drug-likeness (QED) is 0.682. The Kier molecular flexibility index (Phi) is 2.54. The molecule has 2 aliphatic heterocycles. The first kappa shape index (κ1) is 10.0. The van der Waals surface area contributed by atoms with E-state index >= 15 is 0 Å². The summed E-state index contributed by atoms with van der Waals surface area (Å²) in [6, 6.07) is 1.30. The van der Waals surface area contributed by atoms with E-state index in [9.17, 15) is 0 Å². The van der Waals surface area contributed by atoms with Crippen molar-refractivity contribution in [1.82, 2.24) is 4.90 Å². The van der Waals surface area contributed by atoms with Crippen molar-refractivity contribution in [2.75, 3.05) is 0 Å². The van der Waals surface area contributed by atoms with Crippen molar-refractivity contribution in [1.29, 1.82) is 5.41 Å². The van der Waals surface area contributed by atoms with Crippen LogP contribution < -0.4 is 0 Å². The average molecular weight is 194 g/mol. The van der Waals surface area contributed by atoms with Gasteiger partial charge in [-0.25, -0.2) is 0 Å². The van der Waals surface area contributed by atoms with Crippen LogP contribution in [0.15, 0.2) is 0 Å². The van der Waals surface area contributed by atoms with Crippen LogP contribution in [0.25, 0.3) is 0 Å². The fourth-order valence-corrected chi connectivity index (χ4v) is 3.35. The van der Waals surface area contributed by atoms with E-state index in [1.54, 1.807) is 0 Å². The molecule has 0 saturated carbocycles. The van der Waals surface area contributed by atoms with Gasteiger partial charge in [0.05, 0.1) is 5.84 Å². The highest BCUT2D eigenvalue weighted by Crippen LogP contribution is 2.39. The minimum atomic E-state index is 0.604. The van der Waals surface area contributed by atoms with Gasteiger partial charge in [0.25, 0.3) is 0 Å². The standard InChI is InChI=1S/C12H22N2/c1-8(2)11-7-10-5-4-6-12(13)14(10)9(11)3/h8-11,13H,4-7H2,1-3H3. The molecular formula is C12H22N2. The summed E-state index contributed by atoms with van der Waals surface area (Å²) >= 11 is 0. The number of piperidine rings is 1. The van der Waals surface area contributed by atoms with Crippen LogP contribution in [0.1, 0.15) is 46.5 Å². The Morgan fingerprint density at radius 2 is 2.14 bits per heavy atom. The smallest absolute Gasteiger partial charge is 0.0962 e. The Labute approximate surface area is 87.2 Å². The Morgan fingerprint density at radius 1 is 1.43 bits per heavy atom. The summed E-state index contributed by atoms with van der Waals surface area (Å²) in [4.78, 5) is 2.40. The summed E-state index contributed by atoms with van der Waals surface area (Å²) in [5.41, 5.74) is 0. The van der Waals surface area contributed by atoms with Crippen molar-refractivity contribution in [2.45, 2.75) is 58.5 Å². The normalized spacial score (nSPS) is 37.9.